The van der Waals surface area contributed by atoms with Gasteiger partial charge in [-0.1, -0.05) is 36.4 Å². The number of carboxylic acids is 1. The second kappa shape index (κ2) is 11.4. The van der Waals surface area contributed by atoms with Crippen molar-refractivity contribution < 1.29 is 19.4 Å². The van der Waals surface area contributed by atoms with Crippen molar-refractivity contribution in [2.75, 3.05) is 6.61 Å². The fourth-order valence-electron chi connectivity index (χ4n) is 4.03. The summed E-state index contributed by atoms with van der Waals surface area (Å²) in [5.74, 6) is -0.340. The third-order valence-corrected chi connectivity index (χ3v) is 5.81. The molecule has 0 fully saturated rings. The highest BCUT2D eigenvalue weighted by molar-refractivity contribution is 5.86. The van der Waals surface area contributed by atoms with Gasteiger partial charge in [0.2, 0.25) is 0 Å². The summed E-state index contributed by atoms with van der Waals surface area (Å²) >= 11 is 0. The van der Waals surface area contributed by atoms with Crippen molar-refractivity contribution in [3.63, 3.8) is 0 Å². The first-order valence-corrected chi connectivity index (χ1v) is 11.3. The summed E-state index contributed by atoms with van der Waals surface area (Å²) in [5, 5.41) is 12.9. The van der Waals surface area contributed by atoms with Gasteiger partial charge in [-0.2, -0.15) is 4.91 Å². The SMILES string of the molecule is CCC(C(=O)CCC(C)N=O)c1ccccc1OCCc1cc2cc(CC(=O)O)ccc2[nH]1. The highest BCUT2D eigenvalue weighted by atomic mass is 16.5. The predicted molar refractivity (Wildman–Crippen MR) is 128 cm³/mol. The lowest BCUT2D eigenvalue weighted by molar-refractivity contribution is -0.136. The number of nitrogens with one attached hydrogen (secondary N) is 1. The molecule has 0 aliphatic carbocycles. The van der Waals surface area contributed by atoms with E-state index in [0.717, 1.165) is 27.7 Å². The molecule has 33 heavy (non-hydrogen) atoms. The topological polar surface area (TPSA) is 109 Å². The van der Waals surface area contributed by atoms with Gasteiger partial charge in [0.1, 0.15) is 11.5 Å². The Morgan fingerprint density at radius 2 is 1.94 bits per heavy atom. The minimum absolute atomic E-state index is 0.00175. The van der Waals surface area contributed by atoms with E-state index in [-0.39, 0.29) is 24.2 Å². The van der Waals surface area contributed by atoms with Crippen LogP contribution in [-0.2, 0) is 22.4 Å². The first-order valence-electron chi connectivity index (χ1n) is 11.3. The Balaban J connectivity index is 1.65. The second-order valence-electron chi connectivity index (χ2n) is 8.34. The zero-order chi connectivity index (χ0) is 23.8. The number of Topliss-reactive ketones (excluding diaryl/α,β-unsaturated/α-hetero) is 1. The van der Waals surface area contributed by atoms with Crippen LogP contribution in [0.1, 0.15) is 55.8 Å². The third kappa shape index (κ3) is 6.51. The number of hydrogen-bond acceptors (Lipinski definition) is 5. The summed E-state index contributed by atoms with van der Waals surface area (Å²) in [6, 6.07) is 14.8. The Bertz CT molecular complexity index is 1120. The van der Waals surface area contributed by atoms with Crippen LogP contribution in [0.5, 0.6) is 5.75 Å². The number of H-pyrrole nitrogens is 1. The van der Waals surface area contributed by atoms with Crippen LogP contribution >= 0.6 is 0 Å². The number of carbonyl (C=O) groups excluding carboxylic acids is 1. The summed E-state index contributed by atoms with van der Waals surface area (Å²) in [5.41, 5.74) is 3.58. The molecular weight excluding hydrogens is 420 g/mol. The van der Waals surface area contributed by atoms with Gasteiger partial charge in [-0.15, -0.1) is 0 Å². The van der Waals surface area contributed by atoms with Crippen molar-refractivity contribution in [2.45, 2.75) is 57.9 Å². The van der Waals surface area contributed by atoms with Gasteiger partial charge >= 0.3 is 5.97 Å². The number of aliphatic carboxylic acids is 1. The standard InChI is InChI=1S/C26H30N2O5/c1-3-21(24(29)11-8-17(2)28-32)22-6-4-5-7-25(22)33-13-12-20-16-19-14-18(15-26(30)31)9-10-23(19)27-20/h4-7,9-10,14,16-17,21,27H,3,8,11-13,15H2,1-2H3,(H,30,31). The van der Waals surface area contributed by atoms with Gasteiger partial charge in [-0.3, -0.25) is 9.59 Å². The minimum atomic E-state index is -0.851. The average molecular weight is 451 g/mol. The molecule has 0 aliphatic heterocycles. The number of benzene rings is 2. The molecule has 7 heteroatoms. The molecule has 0 radical (unpaired) electrons. The predicted octanol–water partition coefficient (Wildman–Crippen LogP) is 5.41. The van der Waals surface area contributed by atoms with Crippen molar-refractivity contribution in [3.05, 3.63) is 70.3 Å². The van der Waals surface area contributed by atoms with Gasteiger partial charge in [0.15, 0.2) is 0 Å². The number of nitrogens with zero attached hydrogens (tertiary/aromatic N) is 1. The van der Waals surface area contributed by atoms with E-state index >= 15 is 0 Å². The Hall–Kier alpha value is -3.48. The smallest absolute Gasteiger partial charge is 0.307 e. The van der Waals surface area contributed by atoms with Crippen molar-refractivity contribution in [1.29, 1.82) is 0 Å². The van der Waals surface area contributed by atoms with E-state index in [4.69, 9.17) is 9.84 Å². The number of ketones is 1. The number of fused-ring (bicyclic) bond motifs is 1. The number of hydrogen-bond donors (Lipinski definition) is 2. The van der Waals surface area contributed by atoms with Crippen LogP contribution in [-0.4, -0.2) is 34.5 Å². The summed E-state index contributed by atoms with van der Waals surface area (Å²) in [6.45, 7) is 4.13. The van der Waals surface area contributed by atoms with Crippen LogP contribution < -0.4 is 4.74 Å². The van der Waals surface area contributed by atoms with Crippen molar-refractivity contribution in [1.82, 2.24) is 4.98 Å². The maximum Gasteiger partial charge on any atom is 0.307 e. The van der Waals surface area contributed by atoms with E-state index < -0.39 is 5.97 Å². The van der Waals surface area contributed by atoms with Gasteiger partial charge in [0.25, 0.3) is 0 Å². The molecular formula is C26H30N2O5. The largest absolute Gasteiger partial charge is 0.493 e. The van der Waals surface area contributed by atoms with E-state index in [1.807, 2.05) is 55.5 Å². The zero-order valence-corrected chi connectivity index (χ0v) is 19.0. The number of nitroso groups, excluding NO2 is 1. The molecule has 2 N–H and O–H groups in total. The molecule has 174 valence electrons. The lowest BCUT2D eigenvalue weighted by atomic mass is 9.89. The van der Waals surface area contributed by atoms with Crippen LogP contribution in [0.15, 0.2) is 53.7 Å². The summed E-state index contributed by atoms with van der Waals surface area (Å²) < 4.78 is 6.07. The number of para-hydroxylation sites is 1. The zero-order valence-electron chi connectivity index (χ0n) is 19.0. The summed E-state index contributed by atoms with van der Waals surface area (Å²) in [4.78, 5) is 37.7. The molecule has 0 bridgehead atoms. The molecule has 0 amide bonds. The fourth-order valence-corrected chi connectivity index (χ4v) is 4.03. The number of carboxylic acid groups (broad SMARTS) is 1. The van der Waals surface area contributed by atoms with E-state index in [1.54, 1.807) is 6.92 Å². The Morgan fingerprint density at radius 1 is 1.15 bits per heavy atom. The quantitative estimate of drug-likeness (QED) is 0.338. The van der Waals surface area contributed by atoms with E-state index in [0.29, 0.717) is 38.0 Å². The fraction of sp³-hybridized carbons (Fsp3) is 0.385. The number of carbonyl (C=O) groups is 2. The molecule has 1 heterocycles. The maximum absolute atomic E-state index is 12.8. The molecule has 0 saturated heterocycles. The maximum atomic E-state index is 12.8. The second-order valence-corrected chi connectivity index (χ2v) is 8.34. The first-order chi connectivity index (χ1) is 15.9. The van der Waals surface area contributed by atoms with Gasteiger partial charge in [0.05, 0.1) is 19.1 Å². The van der Waals surface area contributed by atoms with Gasteiger partial charge < -0.3 is 14.8 Å². The molecule has 2 atom stereocenters. The lowest BCUT2D eigenvalue weighted by Crippen LogP contribution is -2.15. The van der Waals surface area contributed by atoms with Gasteiger partial charge in [0, 0.05) is 35.5 Å². The van der Waals surface area contributed by atoms with Crippen molar-refractivity contribution in [3.8, 4) is 5.75 Å². The molecule has 1 aromatic heterocycles. The highest BCUT2D eigenvalue weighted by Gasteiger charge is 2.22. The van der Waals surface area contributed by atoms with E-state index in [2.05, 4.69) is 10.2 Å². The first kappa shape index (κ1) is 24.2. The summed E-state index contributed by atoms with van der Waals surface area (Å²) in [6.07, 6.45) is 2.07. The number of aromatic nitrogens is 1. The Kier molecular flexibility index (Phi) is 8.35. The number of ether oxygens (including phenoxy) is 1. The molecule has 0 saturated carbocycles. The Labute approximate surface area is 193 Å². The Morgan fingerprint density at radius 3 is 2.67 bits per heavy atom. The van der Waals surface area contributed by atoms with Crippen LogP contribution in [0, 0.1) is 4.91 Å². The van der Waals surface area contributed by atoms with Crippen molar-refractivity contribution >= 4 is 22.7 Å². The minimum Gasteiger partial charge on any atom is -0.493 e. The number of aromatic amines is 1. The van der Waals surface area contributed by atoms with E-state index in [1.165, 1.54) is 0 Å². The van der Waals surface area contributed by atoms with Gasteiger partial charge in [-0.25, -0.2) is 0 Å². The van der Waals surface area contributed by atoms with Crippen LogP contribution in [0.3, 0.4) is 0 Å². The van der Waals surface area contributed by atoms with Gasteiger partial charge in [-0.05, 0) is 55.0 Å². The highest BCUT2D eigenvalue weighted by Crippen LogP contribution is 2.31. The van der Waals surface area contributed by atoms with Crippen LogP contribution in [0.25, 0.3) is 10.9 Å². The normalized spacial score (nSPS) is 12.9. The molecule has 3 rings (SSSR count). The molecule has 7 nitrogen and oxygen atoms in total. The molecule has 3 aromatic rings. The molecule has 0 aliphatic rings. The monoisotopic (exact) mass is 450 g/mol. The van der Waals surface area contributed by atoms with Crippen molar-refractivity contribution in [2.24, 2.45) is 5.18 Å². The van der Waals surface area contributed by atoms with Crippen LogP contribution in [0.4, 0.5) is 0 Å². The molecule has 0 spiro atoms. The lowest BCUT2D eigenvalue weighted by Gasteiger charge is -2.18. The van der Waals surface area contributed by atoms with Crippen LogP contribution in [0.2, 0.25) is 0 Å². The third-order valence-electron chi connectivity index (χ3n) is 5.81. The average Bonchev–Trinajstić information content (AvgIpc) is 3.20. The number of rotatable bonds is 13. The summed E-state index contributed by atoms with van der Waals surface area (Å²) in [7, 11) is 0. The molecule has 2 aromatic carbocycles. The molecule has 2 unspecified atom stereocenters. The van der Waals surface area contributed by atoms with E-state index in [9.17, 15) is 14.5 Å².